The molecule has 1 unspecified atom stereocenters. The molecule has 0 spiro atoms. The van der Waals surface area contributed by atoms with Crippen molar-refractivity contribution in [2.75, 3.05) is 13.2 Å². The Kier molecular flexibility index (Phi) is 6.29. The number of aliphatic hydroxyl groups excluding tert-OH is 1. The van der Waals surface area contributed by atoms with E-state index in [1.807, 2.05) is 6.92 Å². The molecule has 21 heavy (non-hydrogen) atoms. The molecule has 0 saturated carbocycles. The van der Waals surface area contributed by atoms with Gasteiger partial charge in [-0.15, -0.1) is 0 Å². The topological polar surface area (TPSA) is 110 Å². The Labute approximate surface area is 123 Å². The number of nitro groups is 1. The number of aromatic nitrogens is 2. The summed E-state index contributed by atoms with van der Waals surface area (Å²) in [6.07, 6.45) is 0.856. The van der Waals surface area contributed by atoms with E-state index in [4.69, 9.17) is 5.11 Å². The van der Waals surface area contributed by atoms with Crippen LogP contribution in [0.1, 0.15) is 31.2 Å². The highest BCUT2D eigenvalue weighted by Gasteiger charge is 2.21. The number of carbonyl (C=O) groups excluding carboxylic acids is 1. The standard InChI is InChI=1S/C13H22N4O4/c1-9(5-7-18)8-14-12(19)4-6-16-11(3)13(17(20)21)10(2)15-16/h9,18H,4-8H2,1-3H3,(H,14,19). The number of carbonyl (C=O) groups is 1. The predicted molar refractivity (Wildman–Crippen MR) is 76.8 cm³/mol. The van der Waals surface area contributed by atoms with Gasteiger partial charge in [0.05, 0.1) is 11.5 Å². The highest BCUT2D eigenvalue weighted by molar-refractivity contribution is 5.75. The zero-order valence-corrected chi connectivity index (χ0v) is 12.6. The summed E-state index contributed by atoms with van der Waals surface area (Å²) in [5.74, 6) is 0.0868. The maximum absolute atomic E-state index is 11.7. The van der Waals surface area contributed by atoms with Crippen LogP contribution in [0.3, 0.4) is 0 Å². The van der Waals surface area contributed by atoms with Gasteiger partial charge in [0, 0.05) is 19.6 Å². The van der Waals surface area contributed by atoms with Gasteiger partial charge < -0.3 is 10.4 Å². The van der Waals surface area contributed by atoms with Crippen molar-refractivity contribution < 1.29 is 14.8 Å². The molecule has 0 radical (unpaired) electrons. The number of aryl methyl sites for hydroxylation is 2. The highest BCUT2D eigenvalue weighted by atomic mass is 16.6. The number of hydrogen-bond donors (Lipinski definition) is 2. The zero-order chi connectivity index (χ0) is 16.0. The first-order chi connectivity index (χ1) is 9.86. The summed E-state index contributed by atoms with van der Waals surface area (Å²) in [4.78, 5) is 22.1. The summed E-state index contributed by atoms with van der Waals surface area (Å²) < 4.78 is 1.49. The van der Waals surface area contributed by atoms with Gasteiger partial charge in [-0.25, -0.2) is 0 Å². The van der Waals surface area contributed by atoms with E-state index < -0.39 is 4.92 Å². The number of amides is 1. The molecule has 0 fully saturated rings. The SMILES string of the molecule is Cc1nn(CCC(=O)NCC(C)CCO)c(C)c1[N+](=O)[O-]. The zero-order valence-electron chi connectivity index (χ0n) is 12.6. The van der Waals surface area contributed by atoms with Crippen LogP contribution in [-0.4, -0.2) is 38.9 Å². The molecule has 8 heteroatoms. The lowest BCUT2D eigenvalue weighted by Crippen LogP contribution is -2.29. The van der Waals surface area contributed by atoms with Gasteiger partial charge in [-0.2, -0.15) is 5.10 Å². The maximum Gasteiger partial charge on any atom is 0.312 e. The van der Waals surface area contributed by atoms with Crippen molar-refractivity contribution in [2.45, 2.75) is 40.2 Å². The lowest BCUT2D eigenvalue weighted by molar-refractivity contribution is -0.386. The molecule has 0 aliphatic carbocycles. The Morgan fingerprint density at radius 1 is 1.52 bits per heavy atom. The Morgan fingerprint density at radius 2 is 2.19 bits per heavy atom. The largest absolute Gasteiger partial charge is 0.396 e. The average molecular weight is 298 g/mol. The molecule has 0 bridgehead atoms. The van der Waals surface area contributed by atoms with E-state index in [9.17, 15) is 14.9 Å². The van der Waals surface area contributed by atoms with Gasteiger partial charge in [0.2, 0.25) is 5.91 Å². The van der Waals surface area contributed by atoms with Crippen LogP contribution in [0.5, 0.6) is 0 Å². The van der Waals surface area contributed by atoms with Crippen LogP contribution in [0.2, 0.25) is 0 Å². The van der Waals surface area contributed by atoms with Crippen LogP contribution in [-0.2, 0) is 11.3 Å². The third kappa shape index (κ3) is 4.82. The van der Waals surface area contributed by atoms with Crippen LogP contribution in [0, 0.1) is 29.9 Å². The fourth-order valence-electron chi connectivity index (χ4n) is 2.08. The molecule has 0 aromatic carbocycles. The minimum absolute atomic E-state index is 0.00646. The summed E-state index contributed by atoms with van der Waals surface area (Å²) in [6, 6.07) is 0. The molecule has 1 rings (SSSR count). The Bertz CT molecular complexity index is 513. The molecular formula is C13H22N4O4. The smallest absolute Gasteiger partial charge is 0.312 e. The van der Waals surface area contributed by atoms with Crippen molar-refractivity contribution in [2.24, 2.45) is 5.92 Å². The molecule has 8 nitrogen and oxygen atoms in total. The third-order valence-corrected chi connectivity index (χ3v) is 3.35. The van der Waals surface area contributed by atoms with E-state index in [1.54, 1.807) is 13.8 Å². The minimum Gasteiger partial charge on any atom is -0.396 e. The van der Waals surface area contributed by atoms with E-state index >= 15 is 0 Å². The minimum atomic E-state index is -0.454. The maximum atomic E-state index is 11.7. The molecule has 0 aliphatic rings. The molecule has 1 atom stereocenters. The number of nitrogens with zero attached hydrogens (tertiary/aromatic N) is 3. The molecule has 1 amide bonds. The van der Waals surface area contributed by atoms with E-state index in [0.29, 0.717) is 30.9 Å². The first-order valence-electron chi connectivity index (χ1n) is 6.92. The molecular weight excluding hydrogens is 276 g/mol. The number of rotatable bonds is 8. The monoisotopic (exact) mass is 298 g/mol. The second-order valence-electron chi connectivity index (χ2n) is 5.17. The summed E-state index contributed by atoms with van der Waals surface area (Å²) in [7, 11) is 0. The van der Waals surface area contributed by atoms with E-state index in [1.165, 1.54) is 4.68 Å². The molecule has 1 aromatic heterocycles. The fourth-order valence-corrected chi connectivity index (χ4v) is 2.08. The second kappa shape index (κ2) is 7.72. The van der Waals surface area contributed by atoms with Crippen molar-refractivity contribution in [1.82, 2.24) is 15.1 Å². The lowest BCUT2D eigenvalue weighted by atomic mass is 10.1. The van der Waals surface area contributed by atoms with Crippen molar-refractivity contribution in [3.8, 4) is 0 Å². The van der Waals surface area contributed by atoms with Crippen molar-refractivity contribution in [1.29, 1.82) is 0 Å². The quantitative estimate of drug-likeness (QED) is 0.548. The summed E-state index contributed by atoms with van der Waals surface area (Å²) in [6.45, 7) is 6.07. The number of hydrogen-bond acceptors (Lipinski definition) is 5. The van der Waals surface area contributed by atoms with Crippen LogP contribution in [0.4, 0.5) is 5.69 Å². The average Bonchev–Trinajstić information content (AvgIpc) is 2.69. The first-order valence-corrected chi connectivity index (χ1v) is 6.92. The van der Waals surface area contributed by atoms with Gasteiger partial charge in [-0.05, 0) is 26.2 Å². The normalized spacial score (nSPS) is 12.2. The van der Waals surface area contributed by atoms with E-state index in [0.717, 1.165) is 0 Å². The van der Waals surface area contributed by atoms with Gasteiger partial charge >= 0.3 is 5.69 Å². The lowest BCUT2D eigenvalue weighted by Gasteiger charge is -2.11. The highest BCUT2D eigenvalue weighted by Crippen LogP contribution is 2.21. The predicted octanol–water partition coefficient (Wildman–Crippen LogP) is 0.933. The molecule has 1 aromatic rings. The van der Waals surface area contributed by atoms with Crippen molar-refractivity contribution >= 4 is 11.6 Å². The van der Waals surface area contributed by atoms with Gasteiger partial charge in [-0.1, -0.05) is 6.92 Å². The Hall–Kier alpha value is -1.96. The molecule has 2 N–H and O–H groups in total. The van der Waals surface area contributed by atoms with Crippen LogP contribution >= 0.6 is 0 Å². The summed E-state index contributed by atoms with van der Waals surface area (Å²) in [5, 5.41) is 26.5. The van der Waals surface area contributed by atoms with Crippen molar-refractivity contribution in [3.05, 3.63) is 21.5 Å². The van der Waals surface area contributed by atoms with E-state index in [-0.39, 0.29) is 30.5 Å². The first kappa shape index (κ1) is 17.1. The summed E-state index contributed by atoms with van der Waals surface area (Å²) in [5.41, 5.74) is 0.820. The van der Waals surface area contributed by atoms with Gasteiger partial charge in [0.15, 0.2) is 0 Å². The van der Waals surface area contributed by atoms with Gasteiger partial charge in [0.25, 0.3) is 0 Å². The third-order valence-electron chi connectivity index (χ3n) is 3.35. The number of nitrogens with one attached hydrogen (secondary N) is 1. The van der Waals surface area contributed by atoms with Crippen LogP contribution < -0.4 is 5.32 Å². The second-order valence-corrected chi connectivity index (χ2v) is 5.17. The van der Waals surface area contributed by atoms with Crippen LogP contribution in [0.25, 0.3) is 0 Å². The molecule has 118 valence electrons. The van der Waals surface area contributed by atoms with Gasteiger partial charge in [0.1, 0.15) is 11.4 Å². The van der Waals surface area contributed by atoms with E-state index in [2.05, 4.69) is 10.4 Å². The van der Waals surface area contributed by atoms with Gasteiger partial charge in [-0.3, -0.25) is 19.6 Å². The molecule has 1 heterocycles. The Morgan fingerprint density at radius 3 is 2.71 bits per heavy atom. The Balaban J connectivity index is 2.50. The number of aliphatic hydroxyl groups is 1. The van der Waals surface area contributed by atoms with Crippen molar-refractivity contribution in [3.63, 3.8) is 0 Å². The fraction of sp³-hybridized carbons (Fsp3) is 0.692. The van der Waals surface area contributed by atoms with Crippen LogP contribution in [0.15, 0.2) is 0 Å². The molecule has 0 saturated heterocycles. The molecule has 0 aliphatic heterocycles. The summed E-state index contributed by atoms with van der Waals surface area (Å²) >= 11 is 0.